The Morgan fingerprint density at radius 2 is 1.70 bits per heavy atom. The molecule has 0 bridgehead atoms. The number of carbonyl (C=O) groups excluding carboxylic acids is 3. The predicted octanol–water partition coefficient (Wildman–Crippen LogP) is 2.07. The normalized spacial score (nSPS) is 11.5. The number of aromatic nitrogens is 2. The summed E-state index contributed by atoms with van der Waals surface area (Å²) >= 11 is 0. The minimum atomic E-state index is -1.29. The van der Waals surface area contributed by atoms with Gasteiger partial charge in [0.15, 0.2) is 12.6 Å². The van der Waals surface area contributed by atoms with Crippen LogP contribution in [0.2, 0.25) is 0 Å². The van der Waals surface area contributed by atoms with E-state index >= 15 is 0 Å². The van der Waals surface area contributed by atoms with Crippen LogP contribution in [0, 0.1) is 20.8 Å². The van der Waals surface area contributed by atoms with Crippen molar-refractivity contribution in [3.05, 3.63) is 77.1 Å². The van der Waals surface area contributed by atoms with Crippen molar-refractivity contribution in [1.29, 1.82) is 0 Å². The number of nitrogens with zero attached hydrogens (tertiary/aromatic N) is 2. The Hall–Kier alpha value is -3.98. The molecule has 2 aromatic carbocycles. The number of amides is 2. The van der Waals surface area contributed by atoms with Crippen LogP contribution in [0.5, 0.6) is 0 Å². The van der Waals surface area contributed by atoms with Gasteiger partial charge in [0.05, 0.1) is 29.4 Å². The lowest BCUT2D eigenvalue weighted by Crippen LogP contribution is -2.45. The van der Waals surface area contributed by atoms with Crippen LogP contribution in [0.1, 0.15) is 27.3 Å². The first kappa shape index (κ1) is 23.7. The Morgan fingerprint density at radius 3 is 2.33 bits per heavy atom. The molecule has 0 aliphatic heterocycles. The Morgan fingerprint density at radius 1 is 1.03 bits per heavy atom. The van der Waals surface area contributed by atoms with Gasteiger partial charge in [0.25, 0.3) is 11.8 Å². The van der Waals surface area contributed by atoms with Crippen molar-refractivity contribution in [2.24, 2.45) is 0 Å². The van der Waals surface area contributed by atoms with E-state index in [-0.39, 0.29) is 0 Å². The van der Waals surface area contributed by atoms with Gasteiger partial charge < -0.3 is 20.5 Å². The van der Waals surface area contributed by atoms with Crippen molar-refractivity contribution in [3.63, 3.8) is 0 Å². The largest absolute Gasteiger partial charge is 0.454 e. The second-order valence-corrected chi connectivity index (χ2v) is 7.52. The molecular weight excluding hydrogens is 424 g/mol. The highest BCUT2D eigenvalue weighted by atomic mass is 16.5. The van der Waals surface area contributed by atoms with Gasteiger partial charge >= 0.3 is 5.97 Å². The highest BCUT2D eigenvalue weighted by Gasteiger charge is 2.23. The lowest BCUT2D eigenvalue weighted by Gasteiger charge is -2.15. The number of esters is 1. The molecule has 33 heavy (non-hydrogen) atoms. The lowest BCUT2D eigenvalue weighted by molar-refractivity contribution is -0.150. The van der Waals surface area contributed by atoms with E-state index in [0.29, 0.717) is 16.9 Å². The second-order valence-electron chi connectivity index (χ2n) is 7.52. The Balaban J connectivity index is 1.59. The van der Waals surface area contributed by atoms with Gasteiger partial charge in [0.1, 0.15) is 0 Å². The molecule has 1 aromatic heterocycles. The zero-order valence-electron chi connectivity index (χ0n) is 18.7. The summed E-state index contributed by atoms with van der Waals surface area (Å²) in [6, 6.07) is 14.8. The average molecular weight is 450 g/mol. The van der Waals surface area contributed by atoms with Gasteiger partial charge in [-0.3, -0.25) is 9.59 Å². The Kier molecular flexibility index (Phi) is 7.57. The number of nitrogens with one attached hydrogen (secondary N) is 2. The third-order valence-corrected chi connectivity index (χ3v) is 4.99. The highest BCUT2D eigenvalue weighted by molar-refractivity contribution is 5.97. The van der Waals surface area contributed by atoms with Crippen LogP contribution < -0.4 is 10.6 Å². The number of aliphatic hydroxyl groups excluding tert-OH is 1. The smallest absolute Gasteiger partial charge is 0.331 e. The quantitative estimate of drug-likeness (QED) is 0.452. The summed E-state index contributed by atoms with van der Waals surface area (Å²) < 4.78 is 6.72. The fourth-order valence-corrected chi connectivity index (χ4v) is 3.18. The molecule has 3 rings (SSSR count). The first-order chi connectivity index (χ1) is 15.8. The number of benzene rings is 2. The van der Waals surface area contributed by atoms with Crippen molar-refractivity contribution in [2.75, 3.05) is 18.5 Å². The lowest BCUT2D eigenvalue weighted by atomic mass is 10.2. The van der Waals surface area contributed by atoms with Crippen molar-refractivity contribution in [3.8, 4) is 5.69 Å². The highest BCUT2D eigenvalue weighted by Crippen LogP contribution is 2.23. The Bertz CT molecular complexity index is 1140. The zero-order chi connectivity index (χ0) is 24.0. The molecule has 0 saturated carbocycles. The van der Waals surface area contributed by atoms with E-state index in [4.69, 9.17) is 4.74 Å². The molecule has 0 aliphatic carbocycles. The van der Waals surface area contributed by atoms with Crippen molar-refractivity contribution >= 4 is 23.5 Å². The molecule has 9 nitrogen and oxygen atoms in total. The molecule has 1 unspecified atom stereocenters. The number of ether oxygens (including phenoxy) is 1. The van der Waals surface area contributed by atoms with Crippen LogP contribution in [-0.2, 0) is 14.3 Å². The summed E-state index contributed by atoms with van der Waals surface area (Å²) in [6.07, 6.45) is 0. The summed E-state index contributed by atoms with van der Waals surface area (Å²) in [7, 11) is 0. The SMILES string of the molecule is Cc1ccc(-n2nc(C)c(NC(=O)COC(=O)C(CO)NC(=O)c3ccccc3)c2C)cc1. The molecule has 1 heterocycles. The fourth-order valence-electron chi connectivity index (χ4n) is 3.18. The van der Waals surface area contributed by atoms with Crippen molar-refractivity contribution in [1.82, 2.24) is 15.1 Å². The number of aryl methyl sites for hydroxylation is 2. The standard InChI is InChI=1S/C24H26N4O5/c1-15-9-11-19(12-10-15)28-17(3)22(16(2)27-28)26-21(30)14-33-24(32)20(13-29)25-23(31)18-7-5-4-6-8-18/h4-12,20,29H,13-14H2,1-3H3,(H,25,31)(H,26,30). The van der Waals surface area contributed by atoms with E-state index in [2.05, 4.69) is 15.7 Å². The summed E-state index contributed by atoms with van der Waals surface area (Å²) in [5, 5.41) is 19.0. The van der Waals surface area contributed by atoms with E-state index in [9.17, 15) is 19.5 Å². The van der Waals surface area contributed by atoms with Gasteiger partial charge in [-0.1, -0.05) is 35.9 Å². The van der Waals surface area contributed by atoms with E-state index in [1.165, 1.54) is 0 Å². The van der Waals surface area contributed by atoms with Gasteiger partial charge in [0, 0.05) is 5.56 Å². The van der Waals surface area contributed by atoms with Crippen LogP contribution in [0.3, 0.4) is 0 Å². The zero-order valence-corrected chi connectivity index (χ0v) is 18.7. The average Bonchev–Trinajstić information content (AvgIpc) is 3.10. The van der Waals surface area contributed by atoms with Gasteiger partial charge in [0.2, 0.25) is 0 Å². The topological polar surface area (TPSA) is 123 Å². The number of hydrogen-bond acceptors (Lipinski definition) is 6. The molecule has 3 aromatic rings. The minimum Gasteiger partial charge on any atom is -0.454 e. The number of rotatable bonds is 8. The van der Waals surface area contributed by atoms with Crippen molar-refractivity contribution in [2.45, 2.75) is 26.8 Å². The summed E-state index contributed by atoms with van der Waals surface area (Å²) in [6.45, 7) is 4.33. The molecule has 0 spiro atoms. The van der Waals surface area contributed by atoms with Crippen LogP contribution in [0.4, 0.5) is 5.69 Å². The molecule has 1 atom stereocenters. The third-order valence-electron chi connectivity index (χ3n) is 4.99. The van der Waals surface area contributed by atoms with Crippen LogP contribution in [-0.4, -0.2) is 51.9 Å². The molecule has 9 heteroatoms. The van der Waals surface area contributed by atoms with Gasteiger partial charge in [-0.05, 0) is 45.0 Å². The minimum absolute atomic E-state index is 0.332. The maximum Gasteiger partial charge on any atom is 0.331 e. The van der Waals surface area contributed by atoms with Gasteiger partial charge in [-0.25, -0.2) is 9.48 Å². The molecule has 172 valence electrons. The first-order valence-corrected chi connectivity index (χ1v) is 10.4. The maximum absolute atomic E-state index is 12.4. The van der Waals surface area contributed by atoms with Crippen LogP contribution >= 0.6 is 0 Å². The first-order valence-electron chi connectivity index (χ1n) is 10.4. The van der Waals surface area contributed by atoms with Gasteiger partial charge in [-0.2, -0.15) is 5.10 Å². The number of anilines is 1. The monoisotopic (exact) mass is 450 g/mol. The molecule has 0 radical (unpaired) electrons. The Labute approximate surface area is 191 Å². The fraction of sp³-hybridized carbons (Fsp3) is 0.250. The molecular formula is C24H26N4O5. The van der Waals surface area contributed by atoms with E-state index in [1.807, 2.05) is 38.1 Å². The molecule has 3 N–H and O–H groups in total. The van der Waals surface area contributed by atoms with Gasteiger partial charge in [-0.15, -0.1) is 0 Å². The number of hydrogen-bond donors (Lipinski definition) is 3. The maximum atomic E-state index is 12.4. The van der Waals surface area contributed by atoms with E-state index < -0.39 is 37.0 Å². The summed E-state index contributed by atoms with van der Waals surface area (Å²) in [5.74, 6) is -2.02. The summed E-state index contributed by atoms with van der Waals surface area (Å²) in [5.41, 5.74) is 4.16. The molecule has 0 saturated heterocycles. The molecule has 2 amide bonds. The second kappa shape index (κ2) is 10.6. The van der Waals surface area contributed by atoms with Crippen molar-refractivity contribution < 1.29 is 24.2 Å². The molecule has 0 aliphatic rings. The van der Waals surface area contributed by atoms with Crippen LogP contribution in [0.25, 0.3) is 5.69 Å². The molecule has 0 fully saturated rings. The number of aliphatic hydroxyl groups is 1. The summed E-state index contributed by atoms with van der Waals surface area (Å²) in [4.78, 5) is 36.8. The van der Waals surface area contributed by atoms with E-state index in [1.54, 1.807) is 41.9 Å². The number of carbonyl (C=O) groups is 3. The van der Waals surface area contributed by atoms with E-state index in [0.717, 1.165) is 16.9 Å². The predicted molar refractivity (Wildman–Crippen MR) is 122 cm³/mol. The third kappa shape index (κ3) is 5.83. The van der Waals surface area contributed by atoms with Crippen LogP contribution in [0.15, 0.2) is 54.6 Å².